The number of aryl methyl sites for hydroxylation is 1. The molecule has 1 N–H and O–H groups in total. The Morgan fingerprint density at radius 2 is 1.89 bits per heavy atom. The first kappa shape index (κ1) is 26.9. The molecule has 0 spiro atoms. The number of methoxy groups -OCH3 is 1. The molecule has 2 aromatic carbocycles. The zero-order chi connectivity index (χ0) is 26.7. The number of hydrogen-bond acceptors (Lipinski definition) is 5. The van der Waals surface area contributed by atoms with Crippen molar-refractivity contribution in [1.29, 1.82) is 0 Å². The van der Waals surface area contributed by atoms with E-state index < -0.39 is 10.7 Å². The van der Waals surface area contributed by atoms with Crippen LogP contribution in [0.1, 0.15) is 48.4 Å². The average molecular weight is 525 g/mol. The summed E-state index contributed by atoms with van der Waals surface area (Å²) in [6.45, 7) is 8.65. The van der Waals surface area contributed by atoms with Gasteiger partial charge in [0.1, 0.15) is 18.2 Å². The van der Waals surface area contributed by atoms with Crippen LogP contribution in [0.5, 0.6) is 0 Å². The van der Waals surface area contributed by atoms with Gasteiger partial charge in [0.25, 0.3) is 0 Å². The highest BCUT2D eigenvalue weighted by Gasteiger charge is 2.40. The third-order valence-electron chi connectivity index (χ3n) is 6.26. The Morgan fingerprint density at radius 1 is 1.19 bits per heavy atom. The van der Waals surface area contributed by atoms with Gasteiger partial charge in [-0.1, -0.05) is 57.2 Å². The smallest absolute Gasteiger partial charge is 0.240 e. The van der Waals surface area contributed by atoms with Gasteiger partial charge in [-0.2, -0.15) is 5.10 Å². The fourth-order valence-corrected chi connectivity index (χ4v) is 5.69. The van der Waals surface area contributed by atoms with E-state index in [0.29, 0.717) is 24.5 Å². The minimum Gasteiger partial charge on any atom is -0.383 e. The molecule has 0 aliphatic carbocycles. The Bertz CT molecular complexity index is 1300. The Hall–Kier alpha value is -3.17. The summed E-state index contributed by atoms with van der Waals surface area (Å²) in [6, 6.07) is 14.4. The van der Waals surface area contributed by atoms with E-state index in [1.54, 1.807) is 30.0 Å². The zero-order valence-corrected chi connectivity index (χ0v) is 22.7. The largest absolute Gasteiger partial charge is 0.383 e. The van der Waals surface area contributed by atoms with Gasteiger partial charge in [-0.15, -0.1) is 11.8 Å². The third-order valence-corrected chi connectivity index (χ3v) is 7.50. The van der Waals surface area contributed by atoms with Crippen molar-refractivity contribution in [3.63, 3.8) is 0 Å². The highest BCUT2D eigenvalue weighted by Crippen LogP contribution is 2.49. The van der Waals surface area contributed by atoms with Crippen molar-refractivity contribution < 1.29 is 18.7 Å². The minimum absolute atomic E-state index is 0.0936. The summed E-state index contributed by atoms with van der Waals surface area (Å²) in [5.74, 6) is -0.282. The SMILES string of the molecule is COCCNC(=O)CN1C(=O)CS[C@@H](c2ccccc2F)c2c(C(C)(C)C)nn(-c3ccccc3C)c21. The highest BCUT2D eigenvalue weighted by atomic mass is 32.2. The van der Waals surface area contributed by atoms with E-state index in [-0.39, 0.29) is 29.9 Å². The average Bonchev–Trinajstić information content (AvgIpc) is 3.18. The first-order chi connectivity index (χ1) is 17.6. The number of nitrogens with zero attached hydrogens (tertiary/aromatic N) is 3. The maximum absolute atomic E-state index is 15.2. The number of thioether (sulfide) groups is 1. The molecule has 2 amide bonds. The van der Waals surface area contributed by atoms with Crippen LogP contribution in [-0.4, -0.2) is 54.2 Å². The van der Waals surface area contributed by atoms with E-state index in [0.717, 1.165) is 22.5 Å². The van der Waals surface area contributed by atoms with E-state index in [1.807, 2.05) is 31.2 Å². The lowest BCUT2D eigenvalue weighted by Gasteiger charge is -2.25. The van der Waals surface area contributed by atoms with Crippen LogP contribution in [0.4, 0.5) is 10.2 Å². The number of benzene rings is 2. The molecule has 0 fully saturated rings. The van der Waals surface area contributed by atoms with Crippen LogP contribution in [0.15, 0.2) is 48.5 Å². The van der Waals surface area contributed by atoms with Gasteiger partial charge in [-0.05, 0) is 24.6 Å². The lowest BCUT2D eigenvalue weighted by atomic mass is 9.87. The topological polar surface area (TPSA) is 76.5 Å². The Kier molecular flexibility index (Phi) is 8.04. The van der Waals surface area contributed by atoms with Crippen molar-refractivity contribution in [1.82, 2.24) is 15.1 Å². The fourth-order valence-electron chi connectivity index (χ4n) is 4.47. The summed E-state index contributed by atoms with van der Waals surface area (Å²) in [5.41, 5.74) is 3.34. The van der Waals surface area contributed by atoms with Gasteiger partial charge in [-0.3, -0.25) is 14.5 Å². The minimum atomic E-state index is -0.478. The molecule has 196 valence electrons. The number of para-hydroxylation sites is 1. The molecule has 9 heteroatoms. The number of nitrogens with one attached hydrogen (secondary N) is 1. The summed E-state index contributed by atoms with van der Waals surface area (Å²) in [6.07, 6.45) is 0. The molecule has 1 aliphatic rings. The Balaban J connectivity index is 1.98. The number of aromatic nitrogens is 2. The Labute approximate surface area is 221 Å². The van der Waals surface area contributed by atoms with Crippen molar-refractivity contribution in [2.75, 3.05) is 37.5 Å². The van der Waals surface area contributed by atoms with Crippen molar-refractivity contribution in [3.05, 3.63) is 76.7 Å². The number of hydrogen-bond donors (Lipinski definition) is 1. The second-order valence-corrected chi connectivity index (χ2v) is 11.2. The first-order valence-electron chi connectivity index (χ1n) is 12.2. The van der Waals surface area contributed by atoms with Gasteiger partial charge in [0.05, 0.1) is 29.0 Å². The second kappa shape index (κ2) is 11.1. The van der Waals surface area contributed by atoms with Gasteiger partial charge < -0.3 is 10.1 Å². The van der Waals surface area contributed by atoms with E-state index in [4.69, 9.17) is 9.84 Å². The molecule has 0 bridgehead atoms. The summed E-state index contributed by atoms with van der Waals surface area (Å²) < 4.78 is 22.0. The van der Waals surface area contributed by atoms with Gasteiger partial charge in [0.15, 0.2) is 0 Å². The summed E-state index contributed by atoms with van der Waals surface area (Å²) in [7, 11) is 1.56. The van der Waals surface area contributed by atoms with Gasteiger partial charge in [-0.25, -0.2) is 9.07 Å². The zero-order valence-electron chi connectivity index (χ0n) is 21.9. The molecule has 2 heterocycles. The fraction of sp³-hybridized carbons (Fsp3) is 0.393. The molecule has 7 nitrogen and oxygen atoms in total. The molecule has 1 atom stereocenters. The molecule has 0 radical (unpaired) electrons. The summed E-state index contributed by atoms with van der Waals surface area (Å²) in [5, 5.41) is 7.37. The van der Waals surface area contributed by atoms with Gasteiger partial charge in [0, 0.05) is 30.2 Å². The number of carbonyl (C=O) groups excluding carboxylic acids is 2. The van der Waals surface area contributed by atoms with Crippen LogP contribution < -0.4 is 10.2 Å². The lowest BCUT2D eigenvalue weighted by Crippen LogP contribution is -2.43. The van der Waals surface area contributed by atoms with Crippen LogP contribution in [0.25, 0.3) is 5.69 Å². The van der Waals surface area contributed by atoms with Crippen LogP contribution >= 0.6 is 11.8 Å². The lowest BCUT2D eigenvalue weighted by molar-refractivity contribution is -0.123. The van der Waals surface area contributed by atoms with Crippen molar-refractivity contribution in [2.45, 2.75) is 38.4 Å². The van der Waals surface area contributed by atoms with Gasteiger partial charge in [0.2, 0.25) is 11.8 Å². The quantitative estimate of drug-likeness (QED) is 0.459. The highest BCUT2D eigenvalue weighted by molar-refractivity contribution is 8.00. The van der Waals surface area contributed by atoms with Crippen molar-refractivity contribution in [2.24, 2.45) is 0 Å². The number of amides is 2. The molecule has 1 aromatic heterocycles. The number of carbonyl (C=O) groups is 2. The molecular formula is C28H33FN4O3S. The standard InChI is InChI=1S/C28H33FN4O3S/c1-18-10-6-9-13-21(18)33-27-24(26(31-33)28(2,3)4)25(19-11-7-8-12-20(19)29)37-17-23(35)32(27)16-22(34)30-14-15-36-5/h6-13,25H,14-17H2,1-5H3,(H,30,34)/t25-/m0/s1. The number of halogens is 1. The summed E-state index contributed by atoms with van der Waals surface area (Å²) in [4.78, 5) is 28.0. The van der Waals surface area contributed by atoms with Crippen LogP contribution in [-0.2, 0) is 19.7 Å². The van der Waals surface area contributed by atoms with E-state index >= 15 is 4.39 Å². The predicted octanol–water partition coefficient (Wildman–Crippen LogP) is 4.55. The molecule has 0 saturated carbocycles. The molecule has 0 unspecified atom stereocenters. The molecule has 3 aromatic rings. The van der Waals surface area contributed by atoms with E-state index in [1.165, 1.54) is 22.7 Å². The molecule has 4 rings (SSSR count). The van der Waals surface area contributed by atoms with Crippen molar-refractivity contribution >= 4 is 29.4 Å². The molecule has 1 aliphatic heterocycles. The third kappa shape index (κ3) is 5.57. The summed E-state index contributed by atoms with van der Waals surface area (Å²) >= 11 is 1.36. The number of rotatable bonds is 7. The maximum atomic E-state index is 15.2. The van der Waals surface area contributed by atoms with E-state index in [9.17, 15) is 9.59 Å². The number of ether oxygens (including phenoxy) is 1. The van der Waals surface area contributed by atoms with Crippen LogP contribution in [0, 0.1) is 12.7 Å². The maximum Gasteiger partial charge on any atom is 0.240 e. The molecule has 0 saturated heterocycles. The van der Waals surface area contributed by atoms with Crippen LogP contribution in [0.3, 0.4) is 0 Å². The number of anilines is 1. The van der Waals surface area contributed by atoms with E-state index in [2.05, 4.69) is 26.1 Å². The first-order valence-corrected chi connectivity index (χ1v) is 13.3. The normalized spacial score (nSPS) is 15.9. The van der Waals surface area contributed by atoms with Gasteiger partial charge >= 0.3 is 0 Å². The molecular weight excluding hydrogens is 491 g/mol. The predicted molar refractivity (Wildman–Crippen MR) is 145 cm³/mol. The molecule has 37 heavy (non-hydrogen) atoms. The van der Waals surface area contributed by atoms with Crippen molar-refractivity contribution in [3.8, 4) is 5.69 Å². The second-order valence-electron chi connectivity index (χ2n) is 10.1. The van der Waals surface area contributed by atoms with Crippen LogP contribution in [0.2, 0.25) is 0 Å². The monoisotopic (exact) mass is 524 g/mol. The number of fused-ring (bicyclic) bond motifs is 1. The Morgan fingerprint density at radius 3 is 2.57 bits per heavy atom.